The van der Waals surface area contributed by atoms with E-state index in [4.69, 9.17) is 11.6 Å². The SMILES string of the molecule is CCCNC(=O)C1CCCN(c2cnn(-c3cccc(C(F)(F)F)c3)c(=O)c2Cl)C1. The zero-order valence-electron chi connectivity index (χ0n) is 16.4. The number of carbonyl (C=O) groups is 1. The molecule has 162 valence electrons. The average molecular weight is 443 g/mol. The van der Waals surface area contributed by atoms with E-state index in [9.17, 15) is 22.8 Å². The first-order valence-electron chi connectivity index (χ1n) is 9.70. The summed E-state index contributed by atoms with van der Waals surface area (Å²) in [5.74, 6) is -0.268. The van der Waals surface area contributed by atoms with Crippen LogP contribution >= 0.6 is 11.6 Å². The van der Waals surface area contributed by atoms with Gasteiger partial charge in [-0.3, -0.25) is 9.59 Å². The van der Waals surface area contributed by atoms with Gasteiger partial charge in [-0.25, -0.2) is 0 Å². The van der Waals surface area contributed by atoms with Crippen LogP contribution in [0, 0.1) is 5.92 Å². The minimum Gasteiger partial charge on any atom is -0.368 e. The molecule has 1 aliphatic heterocycles. The molecule has 1 aromatic heterocycles. The lowest BCUT2D eigenvalue weighted by Gasteiger charge is -2.33. The number of piperidine rings is 1. The topological polar surface area (TPSA) is 67.2 Å². The van der Waals surface area contributed by atoms with E-state index in [2.05, 4.69) is 10.4 Å². The fraction of sp³-hybridized carbons (Fsp3) is 0.450. The van der Waals surface area contributed by atoms with E-state index in [1.165, 1.54) is 18.3 Å². The maximum Gasteiger partial charge on any atom is 0.416 e. The van der Waals surface area contributed by atoms with Gasteiger partial charge in [0.25, 0.3) is 5.56 Å². The Morgan fingerprint density at radius 2 is 2.13 bits per heavy atom. The van der Waals surface area contributed by atoms with E-state index in [1.54, 1.807) is 0 Å². The van der Waals surface area contributed by atoms with E-state index in [1.807, 2.05) is 11.8 Å². The predicted octanol–water partition coefficient (Wildman–Crippen LogP) is 3.65. The summed E-state index contributed by atoms with van der Waals surface area (Å²) >= 11 is 6.28. The molecule has 0 bridgehead atoms. The quantitative estimate of drug-likeness (QED) is 0.767. The summed E-state index contributed by atoms with van der Waals surface area (Å²) < 4.78 is 39.8. The predicted molar refractivity (Wildman–Crippen MR) is 108 cm³/mol. The van der Waals surface area contributed by atoms with Gasteiger partial charge in [0, 0.05) is 19.6 Å². The number of alkyl halides is 3. The van der Waals surface area contributed by atoms with Gasteiger partial charge >= 0.3 is 6.18 Å². The van der Waals surface area contributed by atoms with Crippen LogP contribution in [0.1, 0.15) is 31.7 Å². The van der Waals surface area contributed by atoms with Crippen molar-refractivity contribution in [3.63, 3.8) is 0 Å². The Labute approximate surface area is 176 Å². The van der Waals surface area contributed by atoms with Gasteiger partial charge in [-0.1, -0.05) is 24.6 Å². The zero-order valence-corrected chi connectivity index (χ0v) is 17.1. The van der Waals surface area contributed by atoms with Crippen LogP contribution in [0.2, 0.25) is 5.02 Å². The summed E-state index contributed by atoms with van der Waals surface area (Å²) in [4.78, 5) is 26.9. The highest BCUT2D eigenvalue weighted by atomic mass is 35.5. The summed E-state index contributed by atoms with van der Waals surface area (Å²) in [6, 6.07) is 4.33. The van der Waals surface area contributed by atoms with Gasteiger partial charge in [0.1, 0.15) is 5.02 Å². The van der Waals surface area contributed by atoms with Crippen LogP contribution in [0.3, 0.4) is 0 Å². The van der Waals surface area contributed by atoms with Gasteiger partial charge in [-0.2, -0.15) is 23.0 Å². The molecule has 10 heteroatoms. The van der Waals surface area contributed by atoms with E-state index in [0.717, 1.165) is 36.1 Å². The third-order valence-electron chi connectivity index (χ3n) is 5.00. The van der Waals surface area contributed by atoms with E-state index < -0.39 is 17.3 Å². The third-order valence-corrected chi connectivity index (χ3v) is 5.36. The van der Waals surface area contributed by atoms with Crippen molar-refractivity contribution in [2.45, 2.75) is 32.4 Å². The second kappa shape index (κ2) is 9.07. The standard InChI is InChI=1S/C20H22ClF3N4O2/c1-2-8-25-18(29)13-5-4-9-27(12-13)16-11-26-28(19(30)17(16)21)15-7-3-6-14(10-15)20(22,23)24/h3,6-7,10-11,13H,2,4-5,8-9,12H2,1H3,(H,25,29). The third kappa shape index (κ3) is 4.77. The van der Waals surface area contributed by atoms with Crippen LogP contribution in [0.5, 0.6) is 0 Å². The lowest BCUT2D eigenvalue weighted by Crippen LogP contribution is -2.44. The highest BCUT2D eigenvalue weighted by molar-refractivity contribution is 6.33. The number of rotatable bonds is 5. The minimum absolute atomic E-state index is 0.0289. The number of amides is 1. The second-order valence-electron chi connectivity index (χ2n) is 7.19. The average Bonchev–Trinajstić information content (AvgIpc) is 2.73. The molecule has 1 unspecified atom stereocenters. The van der Waals surface area contributed by atoms with Gasteiger partial charge in [0.05, 0.1) is 29.1 Å². The lowest BCUT2D eigenvalue weighted by molar-refractivity contribution is -0.137. The molecule has 1 aromatic carbocycles. The molecule has 1 aliphatic rings. The van der Waals surface area contributed by atoms with Gasteiger partial charge < -0.3 is 10.2 Å². The molecule has 0 spiro atoms. The monoisotopic (exact) mass is 442 g/mol. The highest BCUT2D eigenvalue weighted by Crippen LogP contribution is 2.31. The maximum absolute atomic E-state index is 13.0. The molecule has 1 saturated heterocycles. The van der Waals surface area contributed by atoms with E-state index in [0.29, 0.717) is 25.3 Å². The van der Waals surface area contributed by atoms with E-state index >= 15 is 0 Å². The van der Waals surface area contributed by atoms with Gasteiger partial charge in [-0.15, -0.1) is 0 Å². The molecule has 2 aromatic rings. The summed E-state index contributed by atoms with van der Waals surface area (Å²) in [6.45, 7) is 3.57. The Kier molecular flexibility index (Phi) is 6.70. The molecule has 1 N–H and O–H groups in total. The molecule has 0 radical (unpaired) electrons. The number of nitrogens with one attached hydrogen (secondary N) is 1. The first-order chi connectivity index (χ1) is 14.2. The number of benzene rings is 1. The first kappa shape index (κ1) is 22.1. The Morgan fingerprint density at radius 3 is 2.83 bits per heavy atom. The number of halogens is 4. The largest absolute Gasteiger partial charge is 0.416 e. The molecular formula is C20H22ClF3N4O2. The molecule has 30 heavy (non-hydrogen) atoms. The molecule has 1 atom stereocenters. The summed E-state index contributed by atoms with van der Waals surface area (Å²) in [5.41, 5.74) is -1.26. The van der Waals surface area contributed by atoms with Crippen LogP contribution < -0.4 is 15.8 Å². The summed E-state index contributed by atoms with van der Waals surface area (Å²) in [7, 11) is 0. The Bertz CT molecular complexity index is 977. The molecule has 0 aliphatic carbocycles. The van der Waals surface area contributed by atoms with Gasteiger partial charge in [0.2, 0.25) is 5.91 Å². The molecule has 0 saturated carbocycles. The van der Waals surface area contributed by atoms with Crippen LogP contribution in [0.25, 0.3) is 5.69 Å². The van der Waals surface area contributed by atoms with E-state index in [-0.39, 0.29) is 22.5 Å². The van der Waals surface area contributed by atoms with Crippen molar-refractivity contribution in [3.05, 3.63) is 51.4 Å². The first-order valence-corrected chi connectivity index (χ1v) is 10.1. The fourth-order valence-corrected chi connectivity index (χ4v) is 3.69. The van der Waals surface area contributed by atoms with Gasteiger partial charge in [0.15, 0.2) is 0 Å². The fourth-order valence-electron chi connectivity index (χ4n) is 3.44. The van der Waals surface area contributed by atoms with Crippen molar-refractivity contribution >= 4 is 23.2 Å². The number of aromatic nitrogens is 2. The normalized spacial score (nSPS) is 17.1. The van der Waals surface area contributed by atoms with Crippen LogP contribution in [0.4, 0.5) is 18.9 Å². The maximum atomic E-state index is 13.0. The minimum atomic E-state index is -4.54. The molecule has 3 rings (SSSR count). The van der Waals surface area contributed by atoms with Crippen molar-refractivity contribution in [1.82, 2.24) is 15.1 Å². The molecule has 1 fully saturated rings. The summed E-state index contributed by atoms with van der Waals surface area (Å²) in [6.07, 6.45) is -0.859. The Hall–Kier alpha value is -2.55. The van der Waals surface area contributed by atoms with Crippen LogP contribution in [0.15, 0.2) is 35.3 Å². The van der Waals surface area contributed by atoms with Crippen molar-refractivity contribution in [3.8, 4) is 5.69 Å². The number of nitrogens with zero attached hydrogens (tertiary/aromatic N) is 3. The smallest absolute Gasteiger partial charge is 0.368 e. The lowest BCUT2D eigenvalue weighted by atomic mass is 9.97. The number of anilines is 1. The number of hydrogen-bond donors (Lipinski definition) is 1. The highest BCUT2D eigenvalue weighted by Gasteiger charge is 2.31. The number of carbonyl (C=O) groups excluding carboxylic acids is 1. The van der Waals surface area contributed by atoms with Crippen LogP contribution in [-0.4, -0.2) is 35.3 Å². The van der Waals surface area contributed by atoms with Gasteiger partial charge in [-0.05, 0) is 37.5 Å². The summed E-state index contributed by atoms with van der Waals surface area (Å²) in [5, 5.41) is 6.77. The molecule has 6 nitrogen and oxygen atoms in total. The van der Waals surface area contributed by atoms with Crippen molar-refractivity contribution in [2.75, 3.05) is 24.5 Å². The van der Waals surface area contributed by atoms with Crippen molar-refractivity contribution in [1.29, 1.82) is 0 Å². The van der Waals surface area contributed by atoms with Crippen molar-refractivity contribution in [2.24, 2.45) is 5.92 Å². The molecular weight excluding hydrogens is 421 g/mol. The molecule has 2 heterocycles. The Balaban J connectivity index is 1.87. The number of hydrogen-bond acceptors (Lipinski definition) is 4. The van der Waals surface area contributed by atoms with Crippen molar-refractivity contribution < 1.29 is 18.0 Å². The Morgan fingerprint density at radius 1 is 1.37 bits per heavy atom. The van der Waals surface area contributed by atoms with Crippen LogP contribution in [-0.2, 0) is 11.0 Å². The molecule has 1 amide bonds. The second-order valence-corrected chi connectivity index (χ2v) is 7.56. The zero-order chi connectivity index (χ0) is 21.9.